The summed E-state index contributed by atoms with van der Waals surface area (Å²) >= 11 is 0. The van der Waals surface area contributed by atoms with E-state index in [-0.39, 0.29) is 23.7 Å². The average Bonchev–Trinajstić information content (AvgIpc) is 3.29. The minimum Gasteiger partial charge on any atom is -0.497 e. The Hall–Kier alpha value is -3.35. The molecular weight excluding hydrogens is 558 g/mol. The van der Waals surface area contributed by atoms with Gasteiger partial charge >= 0.3 is 5.97 Å². The average molecular weight is 598 g/mol. The van der Waals surface area contributed by atoms with Gasteiger partial charge in [0.2, 0.25) is 0 Å². The van der Waals surface area contributed by atoms with Crippen LogP contribution in [0.5, 0.6) is 5.75 Å². The number of rotatable bonds is 13. The van der Waals surface area contributed by atoms with Gasteiger partial charge in [-0.1, -0.05) is 49.9 Å². The second-order valence-corrected chi connectivity index (χ2v) is 10.9. The lowest BCUT2D eigenvalue weighted by Gasteiger charge is -2.49. The van der Waals surface area contributed by atoms with E-state index in [4.69, 9.17) is 23.7 Å². The van der Waals surface area contributed by atoms with Crippen LogP contribution < -0.4 is 4.74 Å². The summed E-state index contributed by atoms with van der Waals surface area (Å²) in [7, 11) is 2.97. The molecule has 2 amide bonds. The monoisotopic (exact) mass is 597 g/mol. The number of esters is 1. The van der Waals surface area contributed by atoms with Gasteiger partial charge in [-0.05, 0) is 37.1 Å². The normalized spacial score (nSPS) is 26.6. The van der Waals surface area contributed by atoms with E-state index < -0.39 is 48.7 Å². The molecule has 3 aliphatic heterocycles. The highest BCUT2D eigenvalue weighted by Crippen LogP contribution is 2.38. The summed E-state index contributed by atoms with van der Waals surface area (Å²) in [5.74, 6) is -0.525. The smallest absolute Gasteiger partial charge is 0.305 e. The number of benzene rings is 2. The Balaban J connectivity index is 1.24. The fourth-order valence-electron chi connectivity index (χ4n) is 5.78. The van der Waals surface area contributed by atoms with Gasteiger partial charge in [-0.15, -0.1) is 0 Å². The van der Waals surface area contributed by atoms with Crippen molar-refractivity contribution in [3.63, 3.8) is 0 Å². The van der Waals surface area contributed by atoms with E-state index in [0.717, 1.165) is 49.0 Å². The molecule has 5 rings (SSSR count). The van der Waals surface area contributed by atoms with Crippen molar-refractivity contribution in [3.05, 3.63) is 65.2 Å². The molecule has 232 valence electrons. The maximum atomic E-state index is 13.4. The second kappa shape index (κ2) is 14.4. The third kappa shape index (κ3) is 6.91. The van der Waals surface area contributed by atoms with E-state index in [0.29, 0.717) is 18.8 Å². The molecule has 0 unspecified atom stereocenters. The number of imide groups is 1. The zero-order valence-corrected chi connectivity index (χ0v) is 24.5. The van der Waals surface area contributed by atoms with Gasteiger partial charge in [-0.25, -0.2) is 0 Å². The van der Waals surface area contributed by atoms with E-state index in [1.54, 1.807) is 43.5 Å². The summed E-state index contributed by atoms with van der Waals surface area (Å²) in [6.07, 6.45) is 1.07. The van der Waals surface area contributed by atoms with Crippen molar-refractivity contribution in [3.8, 4) is 5.75 Å². The molecule has 2 fully saturated rings. The van der Waals surface area contributed by atoms with Crippen molar-refractivity contribution in [2.45, 2.75) is 81.9 Å². The van der Waals surface area contributed by atoms with Crippen molar-refractivity contribution < 1.29 is 47.9 Å². The van der Waals surface area contributed by atoms with E-state index in [9.17, 15) is 19.5 Å². The molecule has 2 aromatic rings. The maximum Gasteiger partial charge on any atom is 0.305 e. The van der Waals surface area contributed by atoms with Crippen LogP contribution in [-0.2, 0) is 28.5 Å². The SMILES string of the molecule is COC(=O)CCCCCCCCO[C@@H]1O[C@@H]2CO[C@H](c3ccc(OC)cc3)O[C@@H]2[C@H](O)[C@H]1N1C(=O)c2ccccc2C1=O. The Morgan fingerprint density at radius 1 is 0.907 bits per heavy atom. The summed E-state index contributed by atoms with van der Waals surface area (Å²) in [5, 5.41) is 11.7. The number of amides is 2. The second-order valence-electron chi connectivity index (χ2n) is 10.9. The van der Waals surface area contributed by atoms with Gasteiger partial charge < -0.3 is 33.5 Å². The first-order valence-corrected chi connectivity index (χ1v) is 14.8. The quantitative estimate of drug-likeness (QED) is 0.207. The molecule has 0 radical (unpaired) electrons. The zero-order valence-electron chi connectivity index (χ0n) is 24.5. The van der Waals surface area contributed by atoms with Gasteiger partial charge in [0.15, 0.2) is 12.6 Å². The Bertz CT molecular complexity index is 1230. The number of hydrogen-bond acceptors (Lipinski definition) is 10. The number of aliphatic hydroxyl groups excluding tert-OH is 1. The molecule has 0 aromatic heterocycles. The van der Waals surface area contributed by atoms with E-state index >= 15 is 0 Å². The number of fused-ring (bicyclic) bond motifs is 2. The van der Waals surface area contributed by atoms with Gasteiger partial charge in [0.1, 0.15) is 30.1 Å². The highest BCUT2D eigenvalue weighted by molar-refractivity contribution is 6.21. The number of ether oxygens (including phenoxy) is 6. The van der Waals surface area contributed by atoms with E-state index in [2.05, 4.69) is 4.74 Å². The molecular formula is C32H39NO10. The Kier molecular flexibility index (Phi) is 10.4. The molecule has 11 nitrogen and oxygen atoms in total. The summed E-state index contributed by atoms with van der Waals surface area (Å²) < 4.78 is 34.4. The molecule has 0 saturated carbocycles. The Labute approximate surface area is 250 Å². The van der Waals surface area contributed by atoms with Crippen molar-refractivity contribution in [2.24, 2.45) is 0 Å². The predicted octanol–water partition coefficient (Wildman–Crippen LogP) is 3.78. The number of carbonyl (C=O) groups is 3. The molecule has 1 N–H and O–H groups in total. The Morgan fingerprint density at radius 3 is 2.21 bits per heavy atom. The molecule has 0 aliphatic carbocycles. The molecule has 3 aliphatic rings. The van der Waals surface area contributed by atoms with Gasteiger partial charge in [0.05, 0.1) is 32.0 Å². The molecule has 2 aromatic carbocycles. The van der Waals surface area contributed by atoms with Gasteiger partial charge in [-0.3, -0.25) is 19.3 Å². The third-order valence-corrected chi connectivity index (χ3v) is 8.13. The molecule has 3 heterocycles. The van der Waals surface area contributed by atoms with Crippen LogP contribution in [0.3, 0.4) is 0 Å². The van der Waals surface area contributed by atoms with Crippen molar-refractivity contribution in [2.75, 3.05) is 27.4 Å². The third-order valence-electron chi connectivity index (χ3n) is 8.13. The molecule has 2 saturated heterocycles. The minimum absolute atomic E-state index is 0.124. The lowest BCUT2D eigenvalue weighted by Crippen LogP contribution is -2.67. The topological polar surface area (TPSA) is 130 Å². The summed E-state index contributed by atoms with van der Waals surface area (Å²) in [6, 6.07) is 12.7. The van der Waals surface area contributed by atoms with Gasteiger partial charge in [-0.2, -0.15) is 0 Å². The van der Waals surface area contributed by atoms with Crippen LogP contribution in [0.1, 0.15) is 77.5 Å². The van der Waals surface area contributed by atoms with E-state index in [1.807, 2.05) is 12.1 Å². The Morgan fingerprint density at radius 2 is 1.56 bits per heavy atom. The number of nitrogens with zero attached hydrogens (tertiary/aromatic N) is 1. The van der Waals surface area contributed by atoms with Crippen LogP contribution in [0, 0.1) is 0 Å². The number of methoxy groups -OCH3 is 2. The summed E-state index contributed by atoms with van der Waals surface area (Å²) in [5.41, 5.74) is 1.28. The van der Waals surface area contributed by atoms with Crippen LogP contribution >= 0.6 is 0 Å². The minimum atomic E-state index is -1.29. The lowest BCUT2D eigenvalue weighted by molar-refractivity contribution is -0.349. The van der Waals surface area contributed by atoms with Crippen LogP contribution in [0.25, 0.3) is 0 Å². The predicted molar refractivity (Wildman–Crippen MR) is 152 cm³/mol. The van der Waals surface area contributed by atoms with Crippen LogP contribution in [0.15, 0.2) is 48.5 Å². The number of unbranched alkanes of at least 4 members (excludes halogenated alkanes) is 5. The molecule has 0 bridgehead atoms. The summed E-state index contributed by atoms with van der Waals surface area (Å²) in [4.78, 5) is 39.2. The molecule has 0 spiro atoms. The highest BCUT2D eigenvalue weighted by atomic mass is 16.7. The lowest BCUT2D eigenvalue weighted by atomic mass is 9.94. The highest BCUT2D eigenvalue weighted by Gasteiger charge is 2.55. The van der Waals surface area contributed by atoms with Gasteiger partial charge in [0.25, 0.3) is 11.8 Å². The van der Waals surface area contributed by atoms with Crippen LogP contribution in [-0.4, -0.2) is 85.9 Å². The van der Waals surface area contributed by atoms with Gasteiger partial charge in [0, 0.05) is 18.6 Å². The first-order chi connectivity index (χ1) is 20.9. The fraction of sp³-hybridized carbons (Fsp3) is 0.531. The molecule has 11 heteroatoms. The largest absolute Gasteiger partial charge is 0.497 e. The first-order valence-electron chi connectivity index (χ1n) is 14.8. The van der Waals surface area contributed by atoms with Crippen LogP contribution in [0.2, 0.25) is 0 Å². The van der Waals surface area contributed by atoms with E-state index in [1.165, 1.54) is 7.11 Å². The maximum absolute atomic E-state index is 13.4. The van der Waals surface area contributed by atoms with Crippen molar-refractivity contribution >= 4 is 17.8 Å². The number of aliphatic hydroxyl groups is 1. The zero-order chi connectivity index (χ0) is 30.3. The standard InChI is InChI=1S/C32H39NO10/c1-38-21-16-14-20(15-17-21)31-41-19-24-28(43-31)27(35)26(33-29(36)22-11-8-9-12-23(22)30(33)37)32(42-24)40-18-10-6-4-3-5-7-13-25(34)39-2/h8-9,11-12,14-17,24,26-28,31-32,35H,3-7,10,13,18-19H2,1-2H3/t24-,26-,27-,28+,31+,32-/m1/s1. The molecule has 6 atom stereocenters. The fourth-order valence-corrected chi connectivity index (χ4v) is 5.78. The van der Waals surface area contributed by atoms with Crippen molar-refractivity contribution in [1.29, 1.82) is 0 Å². The van der Waals surface area contributed by atoms with Crippen LogP contribution in [0.4, 0.5) is 0 Å². The number of carbonyl (C=O) groups excluding carboxylic acids is 3. The van der Waals surface area contributed by atoms with Crippen molar-refractivity contribution in [1.82, 2.24) is 4.90 Å². The summed E-state index contributed by atoms with van der Waals surface area (Å²) in [6.45, 7) is 0.436. The first kappa shape index (κ1) is 31.1. The molecule has 43 heavy (non-hydrogen) atoms. The number of hydrogen-bond donors (Lipinski definition) is 1.